The molecular formula is C43H47ClN2O11. The number of anilines is 1. The Labute approximate surface area is 336 Å². The van der Waals surface area contributed by atoms with Crippen molar-refractivity contribution in [2.45, 2.75) is 91.1 Å². The highest BCUT2D eigenvalue weighted by atomic mass is 35.5. The molecule has 1 amide bonds. The number of Topliss-reactive ketones (excluding diaryl/α,β-unsaturated/α-hetero) is 1. The van der Waals surface area contributed by atoms with E-state index in [-0.39, 0.29) is 57.6 Å². The van der Waals surface area contributed by atoms with Crippen LogP contribution in [0.2, 0.25) is 5.02 Å². The van der Waals surface area contributed by atoms with E-state index in [1.54, 1.807) is 12.1 Å². The third-order valence-electron chi connectivity index (χ3n) is 8.89. The van der Waals surface area contributed by atoms with Gasteiger partial charge in [0.25, 0.3) is 11.6 Å². The third kappa shape index (κ3) is 11.3. The van der Waals surface area contributed by atoms with Gasteiger partial charge in [-0.15, -0.1) is 0 Å². The number of rotatable bonds is 16. The second kappa shape index (κ2) is 18.3. The molecule has 14 heteroatoms. The second-order valence-corrected chi connectivity index (χ2v) is 15.8. The van der Waals surface area contributed by atoms with Crippen molar-refractivity contribution in [1.82, 2.24) is 0 Å². The summed E-state index contributed by atoms with van der Waals surface area (Å²) in [6, 6.07) is 16.5. The molecule has 0 saturated carbocycles. The summed E-state index contributed by atoms with van der Waals surface area (Å²) in [6.07, 6.45) is -0.322. The number of carboxylic acid groups (broad SMARTS) is 1. The molecule has 0 aliphatic rings. The number of non-ortho nitro benzene ring substituents is 1. The number of ether oxygens (including phenoxy) is 3. The minimum Gasteiger partial charge on any atom is -0.507 e. The number of phenolic OH excluding ortho intramolecular Hbond substituents is 1. The first-order valence-electron chi connectivity index (χ1n) is 18.3. The van der Waals surface area contributed by atoms with Gasteiger partial charge in [-0.1, -0.05) is 66.5 Å². The van der Waals surface area contributed by atoms with Crippen LogP contribution in [0.1, 0.15) is 105 Å². The Kier molecular flexibility index (Phi) is 14.1. The lowest BCUT2D eigenvalue weighted by molar-refractivity contribution is -0.384. The summed E-state index contributed by atoms with van der Waals surface area (Å²) < 4.78 is 17.1. The van der Waals surface area contributed by atoms with Crippen LogP contribution in [0, 0.1) is 10.1 Å². The van der Waals surface area contributed by atoms with Crippen LogP contribution in [0.3, 0.4) is 0 Å². The molecule has 4 aromatic rings. The monoisotopic (exact) mass is 802 g/mol. The van der Waals surface area contributed by atoms with Gasteiger partial charge in [0.1, 0.15) is 23.0 Å². The number of ketones is 1. The van der Waals surface area contributed by atoms with E-state index in [1.165, 1.54) is 60.7 Å². The second-order valence-electron chi connectivity index (χ2n) is 15.4. The van der Waals surface area contributed by atoms with Gasteiger partial charge in [0.15, 0.2) is 0 Å². The first-order valence-corrected chi connectivity index (χ1v) is 18.7. The van der Waals surface area contributed by atoms with Crippen LogP contribution in [0.25, 0.3) is 0 Å². The molecule has 302 valence electrons. The van der Waals surface area contributed by atoms with Gasteiger partial charge in [-0.25, -0.2) is 4.79 Å². The van der Waals surface area contributed by atoms with Gasteiger partial charge in [-0.05, 0) is 83.8 Å². The maximum absolute atomic E-state index is 13.8. The molecule has 0 fully saturated rings. The molecule has 0 spiro atoms. The van der Waals surface area contributed by atoms with Crippen LogP contribution in [0.4, 0.5) is 11.4 Å². The molecule has 0 aliphatic carbocycles. The number of carbonyl (C=O) groups excluding carboxylic acids is 3. The fraction of sp³-hybridized carbons (Fsp3) is 0.349. The maximum atomic E-state index is 13.8. The van der Waals surface area contributed by atoms with E-state index in [2.05, 4.69) is 5.32 Å². The first-order chi connectivity index (χ1) is 26.7. The fourth-order valence-electron chi connectivity index (χ4n) is 6.02. The van der Waals surface area contributed by atoms with E-state index < -0.39 is 45.5 Å². The highest BCUT2D eigenvalue weighted by Gasteiger charge is 2.33. The normalized spacial score (nSPS) is 12.0. The number of aromatic hydroxyl groups is 1. The van der Waals surface area contributed by atoms with Gasteiger partial charge in [0.2, 0.25) is 11.9 Å². The summed E-state index contributed by atoms with van der Waals surface area (Å²) in [5.74, 6) is -3.12. The van der Waals surface area contributed by atoms with Crippen molar-refractivity contribution in [2.75, 3.05) is 11.9 Å². The van der Waals surface area contributed by atoms with Crippen molar-refractivity contribution < 1.29 is 48.5 Å². The highest BCUT2D eigenvalue weighted by Crippen LogP contribution is 2.43. The molecule has 3 N–H and O–H groups in total. The number of benzene rings is 4. The van der Waals surface area contributed by atoms with Crippen molar-refractivity contribution in [2.24, 2.45) is 0 Å². The number of carboxylic acids is 1. The largest absolute Gasteiger partial charge is 0.507 e. The number of amides is 1. The van der Waals surface area contributed by atoms with E-state index in [1.807, 2.05) is 48.5 Å². The number of phenols is 1. The quantitative estimate of drug-likeness (QED) is 0.0186. The zero-order valence-electron chi connectivity index (χ0n) is 32.9. The molecule has 0 radical (unpaired) electrons. The lowest BCUT2D eigenvalue weighted by Gasteiger charge is -2.30. The zero-order valence-corrected chi connectivity index (χ0v) is 33.7. The van der Waals surface area contributed by atoms with Crippen LogP contribution in [-0.4, -0.2) is 51.5 Å². The Balaban J connectivity index is 1.57. The molecule has 57 heavy (non-hydrogen) atoms. The summed E-state index contributed by atoms with van der Waals surface area (Å²) in [5, 5.41) is 35.3. The van der Waals surface area contributed by atoms with Gasteiger partial charge in [0.05, 0.1) is 34.2 Å². The van der Waals surface area contributed by atoms with Crippen LogP contribution in [-0.2, 0) is 26.8 Å². The van der Waals surface area contributed by atoms with Gasteiger partial charge in [-0.2, -0.15) is 0 Å². The number of nitrogens with zero attached hydrogens (tertiary/aromatic N) is 1. The Bertz CT molecular complexity index is 2130. The smallest absolute Gasteiger partial charge is 0.335 e. The van der Waals surface area contributed by atoms with Gasteiger partial charge < -0.3 is 29.7 Å². The van der Waals surface area contributed by atoms with E-state index >= 15 is 0 Å². The van der Waals surface area contributed by atoms with Gasteiger partial charge in [0, 0.05) is 34.9 Å². The maximum Gasteiger partial charge on any atom is 0.335 e. The molecule has 4 aromatic carbocycles. The molecular weight excluding hydrogens is 756 g/mol. The van der Waals surface area contributed by atoms with Crippen LogP contribution >= 0.6 is 11.6 Å². The number of carbonyl (C=O) groups is 4. The number of nitrogens with one attached hydrogen (secondary N) is 1. The zero-order chi connectivity index (χ0) is 42.2. The Morgan fingerprint density at radius 3 is 2.05 bits per heavy atom. The number of halogens is 1. The molecule has 1 atom stereocenters. The van der Waals surface area contributed by atoms with Crippen LogP contribution in [0.15, 0.2) is 72.8 Å². The number of hydrogen-bond acceptors (Lipinski definition) is 10. The van der Waals surface area contributed by atoms with Crippen molar-refractivity contribution in [1.29, 1.82) is 0 Å². The van der Waals surface area contributed by atoms with Crippen LogP contribution < -0.4 is 19.5 Å². The Morgan fingerprint density at radius 2 is 1.49 bits per heavy atom. The van der Waals surface area contributed by atoms with Gasteiger partial charge >= 0.3 is 11.9 Å². The predicted molar refractivity (Wildman–Crippen MR) is 215 cm³/mol. The van der Waals surface area contributed by atoms with Crippen molar-refractivity contribution in [3.05, 3.63) is 116 Å². The Hall–Kier alpha value is -5.95. The van der Waals surface area contributed by atoms with Crippen molar-refractivity contribution in [3.63, 3.8) is 0 Å². The topological polar surface area (TPSA) is 192 Å². The standard InChI is InChI=1S/C43H47ClN2O11/c1-8-9-22-55-27-14-10-25(11-15-27)37(48)39(57-28-16-12-26(13-17-28)46(53)54)40(50)45-34-23-29(18-20-33(34)44)56-35(47)21-19-30-31(41(51)52)24-32(42(2,3)4)38(49)36(30)43(5,6)7/h10-18,20,23-24,39,49H,8-9,19,21-22H2,1-7H3,(H,45,50)(H,51,52). The molecule has 0 aliphatic heterocycles. The SMILES string of the molecule is CCCCOc1ccc(C(=O)C(Oc2ccc([N+](=O)[O-])cc2)C(=O)Nc2cc(OC(=O)CCc3c(C(=O)O)cc(C(C)(C)C)c(O)c3C(C)(C)C)ccc2Cl)cc1. The first kappa shape index (κ1) is 43.8. The number of esters is 1. The van der Waals surface area contributed by atoms with Crippen LogP contribution in [0.5, 0.6) is 23.0 Å². The van der Waals surface area contributed by atoms with E-state index in [9.17, 15) is 39.5 Å². The molecule has 0 saturated heterocycles. The molecule has 0 bridgehead atoms. The molecule has 0 heterocycles. The number of nitro benzene ring substituents is 1. The summed E-state index contributed by atoms with van der Waals surface area (Å²) in [6.45, 7) is 13.7. The van der Waals surface area contributed by atoms with E-state index in [0.29, 0.717) is 29.0 Å². The predicted octanol–water partition coefficient (Wildman–Crippen LogP) is 9.23. The number of aromatic carboxylic acids is 1. The van der Waals surface area contributed by atoms with E-state index in [0.717, 1.165) is 12.8 Å². The Morgan fingerprint density at radius 1 is 0.877 bits per heavy atom. The molecule has 0 aromatic heterocycles. The minimum atomic E-state index is -1.79. The molecule has 4 rings (SSSR count). The number of nitro groups is 1. The van der Waals surface area contributed by atoms with Crippen molar-refractivity contribution >= 4 is 46.6 Å². The average molecular weight is 803 g/mol. The fourth-order valence-corrected chi connectivity index (χ4v) is 6.19. The summed E-state index contributed by atoms with van der Waals surface area (Å²) >= 11 is 6.42. The van der Waals surface area contributed by atoms with Gasteiger partial charge in [-0.3, -0.25) is 24.5 Å². The third-order valence-corrected chi connectivity index (χ3v) is 9.22. The molecule has 1 unspecified atom stereocenters. The minimum absolute atomic E-state index is 0.00411. The molecule has 13 nitrogen and oxygen atoms in total. The van der Waals surface area contributed by atoms with Crippen molar-refractivity contribution in [3.8, 4) is 23.0 Å². The summed E-state index contributed by atoms with van der Waals surface area (Å²) in [7, 11) is 0. The highest BCUT2D eigenvalue weighted by molar-refractivity contribution is 6.34. The lowest BCUT2D eigenvalue weighted by atomic mass is 9.75. The lowest BCUT2D eigenvalue weighted by Crippen LogP contribution is -2.40. The number of unbranched alkanes of at least 4 members (excludes halogenated alkanes) is 1. The number of hydrogen-bond donors (Lipinski definition) is 3. The summed E-state index contributed by atoms with van der Waals surface area (Å²) in [5.41, 5.74) is -0.185. The van der Waals surface area contributed by atoms with E-state index in [4.69, 9.17) is 25.8 Å². The average Bonchev–Trinajstić information content (AvgIpc) is 3.13. The summed E-state index contributed by atoms with van der Waals surface area (Å²) in [4.78, 5) is 63.8.